The highest BCUT2D eigenvalue weighted by molar-refractivity contribution is 5.88. The second-order valence-corrected chi connectivity index (χ2v) is 5.83. The Morgan fingerprint density at radius 1 is 1.00 bits per heavy atom. The van der Waals surface area contributed by atoms with Crippen molar-refractivity contribution in [1.29, 1.82) is 0 Å². The van der Waals surface area contributed by atoms with Crippen LogP contribution in [0.25, 0.3) is 0 Å². The van der Waals surface area contributed by atoms with E-state index in [1.807, 2.05) is 67.6 Å². The van der Waals surface area contributed by atoms with Crippen LogP contribution in [-0.2, 0) is 0 Å². The molecule has 5 heteroatoms. The second kappa shape index (κ2) is 6.60. The van der Waals surface area contributed by atoms with E-state index in [2.05, 4.69) is 10.4 Å². The molecule has 1 saturated heterocycles. The number of nitrogens with zero attached hydrogens (tertiary/aromatic N) is 3. The molecule has 2 aromatic carbocycles. The van der Waals surface area contributed by atoms with Crippen molar-refractivity contribution in [3.8, 4) is 0 Å². The van der Waals surface area contributed by atoms with Gasteiger partial charge < -0.3 is 5.21 Å². The van der Waals surface area contributed by atoms with Gasteiger partial charge in [-0.05, 0) is 11.1 Å². The molecule has 23 heavy (non-hydrogen) atoms. The first kappa shape index (κ1) is 15.2. The standard InChI is InChI=1S/C18H19N3O2/c1-13-16(19-22)12-17(14-8-4-2-5-9-14)21(20-23)18(13)15-10-6-3-7-11-15/h2-11,13,17-18,22H,12H2,1H3/b19-16-/t13-,17-,18+/m0/s1. The molecule has 0 saturated carbocycles. The number of hydrogen-bond acceptors (Lipinski definition) is 4. The van der Waals surface area contributed by atoms with Crippen molar-refractivity contribution >= 4 is 5.71 Å². The maximum atomic E-state index is 11.6. The van der Waals surface area contributed by atoms with Crippen LogP contribution in [0.4, 0.5) is 0 Å². The van der Waals surface area contributed by atoms with Crippen LogP contribution in [0.1, 0.15) is 36.6 Å². The highest BCUT2D eigenvalue weighted by atomic mass is 16.4. The zero-order valence-corrected chi connectivity index (χ0v) is 12.9. The van der Waals surface area contributed by atoms with Gasteiger partial charge in [0.2, 0.25) is 0 Å². The Bertz CT molecular complexity index is 688. The molecule has 0 radical (unpaired) electrons. The summed E-state index contributed by atoms with van der Waals surface area (Å²) in [6.45, 7) is 1.96. The summed E-state index contributed by atoms with van der Waals surface area (Å²) < 4.78 is 0. The molecule has 1 aliphatic rings. The molecule has 1 N–H and O–H groups in total. The van der Waals surface area contributed by atoms with Crippen molar-refractivity contribution in [2.45, 2.75) is 25.4 Å². The SMILES string of the molecule is C[C@H]1/C(=N\O)C[C@@H](c2ccccc2)N(N=O)[C@H]1c1ccccc1. The monoisotopic (exact) mass is 309 g/mol. The first-order valence-electron chi connectivity index (χ1n) is 7.68. The molecule has 3 rings (SSSR count). The molecule has 0 aliphatic carbocycles. The van der Waals surface area contributed by atoms with Crippen molar-refractivity contribution in [3.05, 3.63) is 76.7 Å². The number of piperidine rings is 1. The van der Waals surface area contributed by atoms with Crippen molar-refractivity contribution in [3.63, 3.8) is 0 Å². The summed E-state index contributed by atoms with van der Waals surface area (Å²) >= 11 is 0. The van der Waals surface area contributed by atoms with Crippen LogP contribution in [0.3, 0.4) is 0 Å². The summed E-state index contributed by atoms with van der Waals surface area (Å²) in [4.78, 5) is 11.6. The first-order valence-corrected chi connectivity index (χ1v) is 7.68. The Kier molecular flexibility index (Phi) is 4.37. The van der Waals surface area contributed by atoms with Gasteiger partial charge in [-0.15, -0.1) is 4.91 Å². The van der Waals surface area contributed by atoms with Crippen LogP contribution in [0, 0.1) is 10.8 Å². The summed E-state index contributed by atoms with van der Waals surface area (Å²) in [6.07, 6.45) is 0.483. The maximum Gasteiger partial charge on any atom is 0.0838 e. The molecule has 0 aromatic heterocycles. The molecule has 0 spiro atoms. The van der Waals surface area contributed by atoms with Gasteiger partial charge in [0, 0.05) is 12.3 Å². The van der Waals surface area contributed by atoms with Gasteiger partial charge in [-0.1, -0.05) is 72.7 Å². The Labute approximate surface area is 135 Å². The van der Waals surface area contributed by atoms with E-state index in [9.17, 15) is 10.1 Å². The molecular formula is C18H19N3O2. The largest absolute Gasteiger partial charge is 0.411 e. The molecule has 1 aliphatic heterocycles. The van der Waals surface area contributed by atoms with Crippen molar-refractivity contribution in [2.24, 2.45) is 16.4 Å². The van der Waals surface area contributed by atoms with Crippen LogP contribution in [0.15, 0.2) is 71.1 Å². The fraction of sp³-hybridized carbons (Fsp3) is 0.278. The van der Waals surface area contributed by atoms with E-state index < -0.39 is 0 Å². The minimum Gasteiger partial charge on any atom is -0.411 e. The predicted octanol–water partition coefficient (Wildman–Crippen LogP) is 4.32. The lowest BCUT2D eigenvalue weighted by molar-refractivity contribution is 0.0955. The van der Waals surface area contributed by atoms with Gasteiger partial charge in [0.15, 0.2) is 0 Å². The zero-order valence-electron chi connectivity index (χ0n) is 12.9. The summed E-state index contributed by atoms with van der Waals surface area (Å²) in [7, 11) is 0. The van der Waals surface area contributed by atoms with E-state index in [4.69, 9.17) is 0 Å². The van der Waals surface area contributed by atoms with E-state index >= 15 is 0 Å². The van der Waals surface area contributed by atoms with Crippen LogP contribution in [0.2, 0.25) is 0 Å². The third-order valence-corrected chi connectivity index (χ3v) is 4.55. The lowest BCUT2D eigenvalue weighted by Crippen LogP contribution is -2.41. The van der Waals surface area contributed by atoms with Gasteiger partial charge in [-0.25, -0.2) is 5.01 Å². The van der Waals surface area contributed by atoms with Crippen LogP contribution >= 0.6 is 0 Å². The lowest BCUT2D eigenvalue weighted by Gasteiger charge is -2.42. The molecule has 5 nitrogen and oxygen atoms in total. The molecule has 0 amide bonds. The minimum absolute atomic E-state index is 0.0972. The molecule has 1 fully saturated rings. The topological polar surface area (TPSA) is 65.3 Å². The number of benzene rings is 2. The smallest absolute Gasteiger partial charge is 0.0838 e. The Hall–Kier alpha value is -2.69. The predicted molar refractivity (Wildman–Crippen MR) is 89.0 cm³/mol. The van der Waals surface area contributed by atoms with E-state index in [1.165, 1.54) is 0 Å². The fourth-order valence-corrected chi connectivity index (χ4v) is 3.36. The molecular weight excluding hydrogens is 290 g/mol. The summed E-state index contributed by atoms with van der Waals surface area (Å²) in [6, 6.07) is 19.0. The molecule has 0 unspecified atom stereocenters. The van der Waals surface area contributed by atoms with Gasteiger partial charge in [0.25, 0.3) is 0 Å². The summed E-state index contributed by atoms with van der Waals surface area (Å²) in [5.41, 5.74) is 2.66. The van der Waals surface area contributed by atoms with Gasteiger partial charge in [-0.2, -0.15) is 0 Å². The van der Waals surface area contributed by atoms with E-state index in [0.717, 1.165) is 11.1 Å². The molecule has 2 aromatic rings. The normalized spacial score (nSPS) is 26.2. The van der Waals surface area contributed by atoms with Gasteiger partial charge >= 0.3 is 0 Å². The quantitative estimate of drug-likeness (QED) is 0.521. The Morgan fingerprint density at radius 3 is 2.09 bits per heavy atom. The van der Waals surface area contributed by atoms with Crippen LogP contribution in [0.5, 0.6) is 0 Å². The molecule has 0 bridgehead atoms. The molecule has 118 valence electrons. The number of rotatable bonds is 3. The molecule has 3 atom stereocenters. The van der Waals surface area contributed by atoms with Crippen molar-refractivity contribution < 1.29 is 5.21 Å². The van der Waals surface area contributed by atoms with Crippen molar-refractivity contribution in [2.75, 3.05) is 0 Å². The highest BCUT2D eigenvalue weighted by Gasteiger charge is 2.41. The third-order valence-electron chi connectivity index (χ3n) is 4.55. The van der Waals surface area contributed by atoms with Gasteiger partial charge in [0.1, 0.15) is 0 Å². The maximum absolute atomic E-state index is 11.6. The minimum atomic E-state index is -0.251. The third kappa shape index (κ3) is 2.82. The van der Waals surface area contributed by atoms with E-state index in [0.29, 0.717) is 12.1 Å². The second-order valence-electron chi connectivity index (χ2n) is 5.83. The molecule has 1 heterocycles. The van der Waals surface area contributed by atoms with E-state index in [-0.39, 0.29) is 18.0 Å². The summed E-state index contributed by atoms with van der Waals surface area (Å²) in [5, 5.41) is 17.8. The Morgan fingerprint density at radius 2 is 1.57 bits per heavy atom. The summed E-state index contributed by atoms with van der Waals surface area (Å²) in [5.74, 6) is -0.0972. The van der Waals surface area contributed by atoms with Gasteiger partial charge in [-0.3, -0.25) is 0 Å². The number of nitroso groups, excluding NO2 is 1. The lowest BCUT2D eigenvalue weighted by atomic mass is 9.81. The van der Waals surface area contributed by atoms with Gasteiger partial charge in [0.05, 0.1) is 23.1 Å². The first-order chi connectivity index (χ1) is 11.3. The number of hydrogen-bond donors (Lipinski definition) is 1. The highest BCUT2D eigenvalue weighted by Crippen LogP contribution is 2.43. The average molecular weight is 309 g/mol. The van der Waals surface area contributed by atoms with Crippen molar-refractivity contribution in [1.82, 2.24) is 5.01 Å². The van der Waals surface area contributed by atoms with E-state index in [1.54, 1.807) is 5.01 Å². The average Bonchev–Trinajstić information content (AvgIpc) is 2.62. The zero-order chi connectivity index (χ0) is 16.2. The number of oxime groups is 1. The van der Waals surface area contributed by atoms with Crippen LogP contribution in [-0.4, -0.2) is 15.9 Å². The Balaban J connectivity index is 2.07. The van der Waals surface area contributed by atoms with Crippen LogP contribution < -0.4 is 0 Å². The fourth-order valence-electron chi connectivity index (χ4n) is 3.36.